The number of hydrogen-bond donors (Lipinski definition) is 3. The first-order valence-electron chi connectivity index (χ1n) is 5.60. The van der Waals surface area contributed by atoms with Gasteiger partial charge in [0.05, 0.1) is 17.4 Å². The van der Waals surface area contributed by atoms with E-state index >= 15 is 0 Å². The molecule has 5 nitrogen and oxygen atoms in total. The van der Waals surface area contributed by atoms with Gasteiger partial charge in [-0.15, -0.1) is 0 Å². The molecular formula is C11H19NO4. The summed E-state index contributed by atoms with van der Waals surface area (Å²) in [6, 6.07) is 0. The van der Waals surface area contributed by atoms with Crippen LogP contribution in [0.25, 0.3) is 0 Å². The van der Waals surface area contributed by atoms with Gasteiger partial charge < -0.3 is 15.5 Å². The Morgan fingerprint density at radius 2 is 2.06 bits per heavy atom. The number of rotatable bonds is 6. The van der Waals surface area contributed by atoms with Crippen LogP contribution in [0.2, 0.25) is 0 Å². The van der Waals surface area contributed by atoms with Gasteiger partial charge in [-0.3, -0.25) is 9.59 Å². The fourth-order valence-corrected chi connectivity index (χ4v) is 1.79. The number of carbonyl (C=O) groups excluding carboxylic acids is 1. The van der Waals surface area contributed by atoms with E-state index in [2.05, 4.69) is 5.32 Å². The standard InChI is InChI=1S/C11H19NO4/c1-3-4-11(2,16)6-12-9(13)7-5-8(7)10(14)15/h7-8,16H,3-6H2,1-2H3,(H,12,13)(H,14,15)/t7-,8+,11?/m1/s1. The van der Waals surface area contributed by atoms with E-state index in [-0.39, 0.29) is 12.5 Å². The molecule has 0 aromatic rings. The third-order valence-electron chi connectivity index (χ3n) is 2.88. The molecule has 3 N–H and O–H groups in total. The number of aliphatic hydroxyl groups is 1. The Balaban J connectivity index is 2.29. The number of carbonyl (C=O) groups is 2. The molecule has 1 rings (SSSR count). The second-order valence-electron chi connectivity index (χ2n) is 4.75. The summed E-state index contributed by atoms with van der Waals surface area (Å²) < 4.78 is 0. The molecule has 1 aliphatic rings. The predicted molar refractivity (Wildman–Crippen MR) is 57.8 cm³/mol. The minimum absolute atomic E-state index is 0.183. The quantitative estimate of drug-likeness (QED) is 0.614. The molecule has 0 saturated heterocycles. The van der Waals surface area contributed by atoms with E-state index in [0.717, 1.165) is 6.42 Å². The van der Waals surface area contributed by atoms with Crippen LogP contribution < -0.4 is 5.32 Å². The van der Waals surface area contributed by atoms with Gasteiger partial charge in [-0.05, 0) is 19.8 Å². The summed E-state index contributed by atoms with van der Waals surface area (Å²) in [6.45, 7) is 3.80. The fourth-order valence-electron chi connectivity index (χ4n) is 1.79. The lowest BCUT2D eigenvalue weighted by Gasteiger charge is -2.22. The van der Waals surface area contributed by atoms with E-state index in [4.69, 9.17) is 5.11 Å². The maximum absolute atomic E-state index is 11.5. The van der Waals surface area contributed by atoms with Crippen molar-refractivity contribution in [2.75, 3.05) is 6.54 Å². The Kier molecular flexibility index (Phi) is 3.91. The molecule has 0 bridgehead atoms. The Bertz CT molecular complexity index is 288. The van der Waals surface area contributed by atoms with Crippen LogP contribution in [-0.2, 0) is 9.59 Å². The molecule has 16 heavy (non-hydrogen) atoms. The van der Waals surface area contributed by atoms with Gasteiger partial charge in [0.25, 0.3) is 0 Å². The topological polar surface area (TPSA) is 86.6 Å². The van der Waals surface area contributed by atoms with Crippen molar-refractivity contribution < 1.29 is 19.8 Å². The number of amides is 1. The number of nitrogens with one attached hydrogen (secondary N) is 1. The zero-order valence-electron chi connectivity index (χ0n) is 9.69. The molecule has 1 fully saturated rings. The Morgan fingerprint density at radius 1 is 1.44 bits per heavy atom. The third-order valence-corrected chi connectivity index (χ3v) is 2.88. The molecule has 1 amide bonds. The highest BCUT2D eigenvalue weighted by molar-refractivity contribution is 5.89. The summed E-state index contributed by atoms with van der Waals surface area (Å²) in [4.78, 5) is 22.0. The van der Waals surface area contributed by atoms with Crippen molar-refractivity contribution in [3.8, 4) is 0 Å². The molecule has 0 heterocycles. The van der Waals surface area contributed by atoms with Crippen molar-refractivity contribution in [3.63, 3.8) is 0 Å². The second-order valence-corrected chi connectivity index (χ2v) is 4.75. The molecule has 1 saturated carbocycles. The molecule has 5 heteroatoms. The smallest absolute Gasteiger partial charge is 0.307 e. The molecule has 0 spiro atoms. The number of hydrogen-bond acceptors (Lipinski definition) is 3. The maximum atomic E-state index is 11.5. The van der Waals surface area contributed by atoms with E-state index in [1.807, 2.05) is 6.92 Å². The van der Waals surface area contributed by atoms with Crippen LogP contribution in [0.15, 0.2) is 0 Å². The number of aliphatic carboxylic acids is 1. The third kappa shape index (κ3) is 3.48. The predicted octanol–water partition coefficient (Wildman–Crippen LogP) is 0.374. The normalized spacial score (nSPS) is 26.9. The molecule has 92 valence electrons. The Labute approximate surface area is 94.8 Å². The summed E-state index contributed by atoms with van der Waals surface area (Å²) >= 11 is 0. The zero-order chi connectivity index (χ0) is 12.3. The number of carboxylic acid groups (broad SMARTS) is 1. The van der Waals surface area contributed by atoms with E-state index in [0.29, 0.717) is 12.8 Å². The summed E-state index contributed by atoms with van der Waals surface area (Å²) in [5.74, 6) is -2.12. The van der Waals surface area contributed by atoms with Crippen molar-refractivity contribution in [3.05, 3.63) is 0 Å². The van der Waals surface area contributed by atoms with Crippen LogP contribution >= 0.6 is 0 Å². The zero-order valence-corrected chi connectivity index (χ0v) is 9.69. The fraction of sp³-hybridized carbons (Fsp3) is 0.818. The molecule has 3 atom stereocenters. The highest BCUT2D eigenvalue weighted by Gasteiger charge is 2.48. The van der Waals surface area contributed by atoms with Gasteiger partial charge in [0.15, 0.2) is 0 Å². The molecule has 0 aliphatic heterocycles. The van der Waals surface area contributed by atoms with Gasteiger partial charge in [-0.25, -0.2) is 0 Å². The summed E-state index contributed by atoms with van der Waals surface area (Å²) in [5.41, 5.74) is -0.905. The molecule has 0 aromatic heterocycles. The van der Waals surface area contributed by atoms with Gasteiger partial charge in [-0.1, -0.05) is 13.3 Å². The second kappa shape index (κ2) is 4.82. The molecule has 0 aromatic carbocycles. The lowest BCUT2D eigenvalue weighted by atomic mass is 10.0. The Hall–Kier alpha value is -1.10. The van der Waals surface area contributed by atoms with E-state index in [1.54, 1.807) is 6.92 Å². The summed E-state index contributed by atoms with van der Waals surface area (Å²) in [7, 11) is 0. The van der Waals surface area contributed by atoms with Gasteiger partial charge in [0, 0.05) is 6.54 Å². The first kappa shape index (κ1) is 13.0. The maximum Gasteiger partial charge on any atom is 0.307 e. The SMILES string of the molecule is CCCC(C)(O)CNC(=O)[C@@H]1C[C@@H]1C(=O)O. The monoisotopic (exact) mass is 229 g/mol. The average molecular weight is 229 g/mol. The first-order valence-corrected chi connectivity index (χ1v) is 5.60. The van der Waals surface area contributed by atoms with Gasteiger partial charge >= 0.3 is 5.97 Å². The lowest BCUT2D eigenvalue weighted by Crippen LogP contribution is -2.41. The van der Waals surface area contributed by atoms with Crippen LogP contribution in [0.1, 0.15) is 33.1 Å². The minimum Gasteiger partial charge on any atom is -0.481 e. The highest BCUT2D eigenvalue weighted by Crippen LogP contribution is 2.38. The molecule has 0 radical (unpaired) electrons. The largest absolute Gasteiger partial charge is 0.481 e. The highest BCUT2D eigenvalue weighted by atomic mass is 16.4. The molecule has 1 unspecified atom stereocenters. The minimum atomic E-state index is -0.916. The van der Waals surface area contributed by atoms with Crippen molar-refractivity contribution in [2.45, 2.75) is 38.7 Å². The van der Waals surface area contributed by atoms with Crippen molar-refractivity contribution in [1.82, 2.24) is 5.32 Å². The van der Waals surface area contributed by atoms with Gasteiger partial charge in [0.2, 0.25) is 5.91 Å². The lowest BCUT2D eigenvalue weighted by molar-refractivity contribution is -0.140. The van der Waals surface area contributed by atoms with Gasteiger partial charge in [-0.2, -0.15) is 0 Å². The van der Waals surface area contributed by atoms with E-state index < -0.39 is 23.4 Å². The van der Waals surface area contributed by atoms with E-state index in [1.165, 1.54) is 0 Å². The van der Waals surface area contributed by atoms with Crippen LogP contribution in [-0.4, -0.2) is 34.2 Å². The molecular weight excluding hydrogens is 210 g/mol. The van der Waals surface area contributed by atoms with Crippen LogP contribution in [0.4, 0.5) is 0 Å². The number of carboxylic acids is 1. The Morgan fingerprint density at radius 3 is 2.50 bits per heavy atom. The summed E-state index contributed by atoms with van der Waals surface area (Å²) in [5, 5.41) is 21.1. The summed E-state index contributed by atoms with van der Waals surface area (Å²) in [6.07, 6.45) is 1.86. The van der Waals surface area contributed by atoms with Gasteiger partial charge in [0.1, 0.15) is 0 Å². The van der Waals surface area contributed by atoms with Crippen LogP contribution in [0.3, 0.4) is 0 Å². The van der Waals surface area contributed by atoms with Crippen molar-refractivity contribution in [1.29, 1.82) is 0 Å². The molecule has 1 aliphatic carbocycles. The van der Waals surface area contributed by atoms with Crippen LogP contribution in [0.5, 0.6) is 0 Å². The van der Waals surface area contributed by atoms with Crippen molar-refractivity contribution in [2.24, 2.45) is 11.8 Å². The first-order chi connectivity index (χ1) is 7.37. The van der Waals surface area contributed by atoms with Crippen molar-refractivity contribution >= 4 is 11.9 Å². The average Bonchev–Trinajstić information content (AvgIpc) is 2.93. The van der Waals surface area contributed by atoms with E-state index in [9.17, 15) is 14.7 Å². The van der Waals surface area contributed by atoms with Crippen LogP contribution in [0, 0.1) is 11.8 Å².